The van der Waals surface area contributed by atoms with Crippen LogP contribution in [0.2, 0.25) is 0 Å². The van der Waals surface area contributed by atoms with Crippen molar-refractivity contribution in [1.29, 1.82) is 0 Å². The topological polar surface area (TPSA) is 28.7 Å². The van der Waals surface area contributed by atoms with Crippen molar-refractivity contribution in [3.05, 3.63) is 41.6 Å². The van der Waals surface area contributed by atoms with Gasteiger partial charge in [0.15, 0.2) is 0 Å². The van der Waals surface area contributed by atoms with Crippen molar-refractivity contribution in [1.82, 2.24) is 9.97 Å². The van der Waals surface area contributed by atoms with E-state index in [4.69, 9.17) is 0 Å². The van der Waals surface area contributed by atoms with E-state index in [2.05, 4.69) is 30.7 Å². The summed E-state index contributed by atoms with van der Waals surface area (Å²) in [5.74, 6) is 0.763. The van der Waals surface area contributed by atoms with E-state index in [1.807, 2.05) is 6.07 Å². The van der Waals surface area contributed by atoms with Crippen molar-refractivity contribution in [3.8, 4) is 11.3 Å². The fraction of sp³-hybridized carbons (Fsp3) is 0.357. The molecule has 17 heavy (non-hydrogen) atoms. The molecule has 1 aromatic heterocycles. The zero-order valence-corrected chi connectivity index (χ0v) is 10.6. The monoisotopic (exact) mass is 232 g/mol. The van der Waals surface area contributed by atoms with Crippen LogP contribution < -0.4 is 0 Å². The number of nitrogens with one attached hydrogen (secondary N) is 1. The molecule has 90 valence electrons. The van der Waals surface area contributed by atoms with E-state index in [1.165, 1.54) is 6.07 Å². The van der Waals surface area contributed by atoms with Crippen molar-refractivity contribution >= 4 is 0 Å². The Morgan fingerprint density at radius 2 is 1.94 bits per heavy atom. The maximum Gasteiger partial charge on any atom is 0.126 e. The average Bonchev–Trinajstić information content (AvgIpc) is 2.70. The zero-order valence-electron chi connectivity index (χ0n) is 10.6. The average molecular weight is 232 g/mol. The van der Waals surface area contributed by atoms with Crippen LogP contribution in [-0.4, -0.2) is 9.97 Å². The first kappa shape index (κ1) is 11.8. The van der Waals surface area contributed by atoms with Gasteiger partial charge in [-0.15, -0.1) is 0 Å². The number of nitrogens with zero attached hydrogens (tertiary/aromatic N) is 1. The Morgan fingerprint density at radius 3 is 2.47 bits per heavy atom. The second kappa shape index (κ2) is 3.99. The Balaban J connectivity index is 2.40. The van der Waals surface area contributed by atoms with E-state index in [0.717, 1.165) is 17.1 Å². The van der Waals surface area contributed by atoms with Crippen LogP contribution in [0.5, 0.6) is 0 Å². The molecular formula is C14H17FN2. The van der Waals surface area contributed by atoms with Gasteiger partial charge in [-0.3, -0.25) is 0 Å². The molecule has 0 bridgehead atoms. The molecule has 0 spiro atoms. The smallest absolute Gasteiger partial charge is 0.126 e. The van der Waals surface area contributed by atoms with E-state index >= 15 is 0 Å². The van der Waals surface area contributed by atoms with Crippen LogP contribution >= 0.6 is 0 Å². The molecular weight excluding hydrogens is 215 g/mol. The zero-order chi connectivity index (χ0) is 12.6. The lowest BCUT2D eigenvalue weighted by Gasteiger charge is -2.14. The molecule has 0 saturated carbocycles. The summed E-state index contributed by atoms with van der Waals surface area (Å²) in [6.07, 6.45) is 1.80. The Morgan fingerprint density at radius 1 is 1.24 bits per heavy atom. The summed E-state index contributed by atoms with van der Waals surface area (Å²) in [5, 5.41) is 0. The lowest BCUT2D eigenvalue weighted by atomic mass is 9.96. The Kier molecular flexibility index (Phi) is 2.77. The van der Waals surface area contributed by atoms with Gasteiger partial charge in [0.1, 0.15) is 11.6 Å². The highest BCUT2D eigenvalue weighted by atomic mass is 19.1. The molecule has 1 N–H and O–H groups in total. The molecule has 3 heteroatoms. The van der Waals surface area contributed by atoms with Crippen LogP contribution in [-0.2, 0) is 5.41 Å². The molecule has 0 aliphatic carbocycles. The van der Waals surface area contributed by atoms with Gasteiger partial charge < -0.3 is 4.98 Å². The van der Waals surface area contributed by atoms with Crippen LogP contribution in [0.15, 0.2) is 24.4 Å². The van der Waals surface area contributed by atoms with E-state index in [1.54, 1.807) is 19.2 Å². The molecule has 1 heterocycles. The molecule has 0 amide bonds. The van der Waals surface area contributed by atoms with E-state index in [9.17, 15) is 4.39 Å². The summed E-state index contributed by atoms with van der Waals surface area (Å²) in [7, 11) is 0. The third-order valence-electron chi connectivity index (χ3n) is 2.76. The second-order valence-corrected chi connectivity index (χ2v) is 5.36. The van der Waals surface area contributed by atoms with Gasteiger partial charge in [-0.2, -0.15) is 0 Å². The second-order valence-electron chi connectivity index (χ2n) is 5.36. The molecule has 0 fully saturated rings. The quantitative estimate of drug-likeness (QED) is 0.795. The van der Waals surface area contributed by atoms with Crippen molar-refractivity contribution in [3.63, 3.8) is 0 Å². The van der Waals surface area contributed by atoms with Crippen LogP contribution in [0.1, 0.15) is 32.2 Å². The first-order chi connectivity index (χ1) is 7.88. The highest BCUT2D eigenvalue weighted by Crippen LogP contribution is 2.24. The summed E-state index contributed by atoms with van der Waals surface area (Å²) in [6, 6.07) is 5.08. The number of halogens is 1. The van der Waals surface area contributed by atoms with Gasteiger partial charge >= 0.3 is 0 Å². The van der Waals surface area contributed by atoms with Gasteiger partial charge in [-0.05, 0) is 30.7 Å². The summed E-state index contributed by atoms with van der Waals surface area (Å²) >= 11 is 0. The van der Waals surface area contributed by atoms with Crippen LogP contribution in [0.3, 0.4) is 0 Å². The van der Waals surface area contributed by atoms with Crippen LogP contribution in [0, 0.1) is 12.7 Å². The SMILES string of the molecule is Cc1cc(-c2cnc(C(C)(C)C)[nH]2)ccc1F. The molecule has 0 aliphatic heterocycles. The van der Waals surface area contributed by atoms with Crippen LogP contribution in [0.25, 0.3) is 11.3 Å². The van der Waals surface area contributed by atoms with E-state index in [0.29, 0.717) is 5.56 Å². The number of hydrogen-bond donors (Lipinski definition) is 1. The Hall–Kier alpha value is -1.64. The van der Waals surface area contributed by atoms with Gasteiger partial charge in [0.25, 0.3) is 0 Å². The molecule has 0 radical (unpaired) electrons. The number of aromatic amines is 1. The molecule has 0 saturated heterocycles. The summed E-state index contributed by atoms with van der Waals surface area (Å²) in [5.41, 5.74) is 2.53. The Bertz CT molecular complexity index is 535. The molecule has 0 atom stereocenters. The number of benzene rings is 1. The third-order valence-corrected chi connectivity index (χ3v) is 2.76. The van der Waals surface area contributed by atoms with E-state index in [-0.39, 0.29) is 11.2 Å². The third kappa shape index (κ3) is 2.38. The molecule has 2 rings (SSSR count). The number of aromatic nitrogens is 2. The fourth-order valence-electron chi connectivity index (χ4n) is 1.66. The lowest BCUT2D eigenvalue weighted by molar-refractivity contribution is 0.553. The summed E-state index contributed by atoms with van der Waals surface area (Å²) in [6.45, 7) is 8.07. The van der Waals surface area contributed by atoms with Crippen LogP contribution in [0.4, 0.5) is 4.39 Å². The molecule has 1 aromatic carbocycles. The van der Waals surface area contributed by atoms with Gasteiger partial charge in [0.2, 0.25) is 0 Å². The molecule has 2 nitrogen and oxygen atoms in total. The minimum atomic E-state index is -0.177. The Labute approximate surface area is 101 Å². The standard InChI is InChI=1S/C14H17FN2/c1-9-7-10(5-6-11(9)15)12-8-16-13(17-12)14(2,3)4/h5-8H,1-4H3,(H,16,17). The minimum absolute atomic E-state index is 0.00662. The first-order valence-corrected chi connectivity index (χ1v) is 5.70. The van der Waals surface area contributed by atoms with Gasteiger partial charge in [0, 0.05) is 11.0 Å². The van der Waals surface area contributed by atoms with Gasteiger partial charge in [-0.1, -0.05) is 20.8 Å². The maximum atomic E-state index is 13.2. The number of hydrogen-bond acceptors (Lipinski definition) is 1. The highest BCUT2D eigenvalue weighted by Gasteiger charge is 2.17. The number of imidazole rings is 1. The minimum Gasteiger partial charge on any atom is -0.342 e. The normalized spacial score (nSPS) is 11.8. The number of H-pyrrole nitrogens is 1. The van der Waals surface area contributed by atoms with Crippen molar-refractivity contribution < 1.29 is 4.39 Å². The lowest BCUT2D eigenvalue weighted by Crippen LogP contribution is -2.13. The van der Waals surface area contributed by atoms with Crippen molar-refractivity contribution in [2.45, 2.75) is 33.1 Å². The molecule has 0 aliphatic rings. The fourth-order valence-corrected chi connectivity index (χ4v) is 1.66. The molecule has 0 unspecified atom stereocenters. The number of aryl methyl sites for hydroxylation is 1. The number of rotatable bonds is 1. The molecule has 2 aromatic rings. The largest absolute Gasteiger partial charge is 0.342 e. The highest BCUT2D eigenvalue weighted by molar-refractivity contribution is 5.59. The van der Waals surface area contributed by atoms with Crippen molar-refractivity contribution in [2.24, 2.45) is 0 Å². The summed E-state index contributed by atoms with van der Waals surface area (Å²) in [4.78, 5) is 7.65. The van der Waals surface area contributed by atoms with E-state index < -0.39 is 0 Å². The van der Waals surface area contributed by atoms with Gasteiger partial charge in [-0.25, -0.2) is 9.37 Å². The maximum absolute atomic E-state index is 13.2. The first-order valence-electron chi connectivity index (χ1n) is 5.70. The predicted octanol–water partition coefficient (Wildman–Crippen LogP) is 3.82. The predicted molar refractivity (Wildman–Crippen MR) is 67.4 cm³/mol. The summed E-state index contributed by atoms with van der Waals surface area (Å²) < 4.78 is 13.2. The van der Waals surface area contributed by atoms with Gasteiger partial charge in [0.05, 0.1) is 11.9 Å². The van der Waals surface area contributed by atoms with Crippen molar-refractivity contribution in [2.75, 3.05) is 0 Å².